The molecule has 0 aromatic carbocycles. The summed E-state index contributed by atoms with van der Waals surface area (Å²) in [6.45, 7) is 3.30. The quantitative estimate of drug-likeness (QED) is 0.0929. The minimum Gasteiger partial charge on any atom is -0.480 e. The fourth-order valence-electron chi connectivity index (χ4n) is 0.912. The third-order valence-corrected chi connectivity index (χ3v) is 3.71. The monoisotopic (exact) mass is 653 g/mol. The summed E-state index contributed by atoms with van der Waals surface area (Å²) in [5.41, 5.74) is 33.8. The number of primary amides is 1. The molecular formula is C21H47N7O16. The van der Waals surface area contributed by atoms with Crippen LogP contribution in [0.15, 0.2) is 0 Å². The van der Waals surface area contributed by atoms with E-state index in [0.29, 0.717) is 0 Å². The van der Waals surface area contributed by atoms with Crippen molar-refractivity contribution in [2.45, 2.75) is 76.0 Å². The summed E-state index contributed by atoms with van der Waals surface area (Å²) in [7, 11) is 0. The lowest BCUT2D eigenvalue weighted by Gasteiger charge is -2.07. The molecule has 0 unspecified atom stereocenters. The number of hydrogen-bond donors (Lipinski definition) is 16. The van der Waals surface area contributed by atoms with Gasteiger partial charge in [0.15, 0.2) is 0 Å². The predicted octanol–water partition coefficient (Wildman–Crippen LogP) is -6.94. The van der Waals surface area contributed by atoms with Crippen LogP contribution in [0.4, 0.5) is 0 Å². The van der Waals surface area contributed by atoms with Crippen molar-refractivity contribution >= 4 is 41.7 Å². The van der Waals surface area contributed by atoms with Gasteiger partial charge >= 0.3 is 35.8 Å². The van der Waals surface area contributed by atoms with Gasteiger partial charge in [-0.05, 0) is 27.2 Å². The third kappa shape index (κ3) is 47.7. The van der Waals surface area contributed by atoms with Crippen molar-refractivity contribution in [3.63, 3.8) is 0 Å². The molecule has 0 saturated carbocycles. The summed E-state index contributed by atoms with van der Waals surface area (Å²) >= 11 is 0. The number of carboxylic acids is 6. The Morgan fingerprint density at radius 2 is 0.864 bits per heavy atom. The van der Waals surface area contributed by atoms with Gasteiger partial charge in [0.25, 0.3) is 0 Å². The van der Waals surface area contributed by atoms with E-state index < -0.39 is 90.7 Å². The Kier molecular flexibility index (Phi) is 38.1. The van der Waals surface area contributed by atoms with Crippen molar-refractivity contribution in [1.29, 1.82) is 0 Å². The van der Waals surface area contributed by atoms with Crippen molar-refractivity contribution in [2.75, 3.05) is 13.2 Å². The van der Waals surface area contributed by atoms with E-state index in [0.717, 1.165) is 0 Å². The number of aliphatic hydroxyl groups excluding tert-OH is 3. The molecule has 23 N–H and O–H groups in total. The molecule has 0 aromatic rings. The first-order chi connectivity index (χ1) is 19.7. The summed E-state index contributed by atoms with van der Waals surface area (Å²) in [4.78, 5) is 68.3. The summed E-state index contributed by atoms with van der Waals surface area (Å²) < 4.78 is 0. The van der Waals surface area contributed by atoms with Gasteiger partial charge in [0, 0.05) is 6.42 Å². The molecule has 0 aliphatic rings. The normalized spacial score (nSPS) is 14.0. The number of nitrogens with two attached hydrogens (primary N) is 7. The lowest BCUT2D eigenvalue weighted by molar-refractivity contribution is -0.141. The van der Waals surface area contributed by atoms with Crippen LogP contribution < -0.4 is 40.1 Å². The standard InChI is InChI=1S/C5H10N2O3.2C4H9NO3.C3H7NO3.C3H7NO2.C2H5NO2/c6-3(5(9)10)1-2-4(7)8;2*1-2(6)3(5)4(7)8;4-2(1-5)3(6)7;1-2(4)3(5)6;3-1-2(4)5/h3H,1-2,6H2,(H2,7,8)(H,9,10);2*2-3,6H,5H2,1H3,(H,7,8);2,5H,1,4H2,(H,6,7);2H,4H2,1H3,(H,5,6);1,3H2,(H,4,5)/t3-;2*2-,3+;2*2-;/m01100./s1. The minimum atomic E-state index is -1.18. The number of amides is 1. The van der Waals surface area contributed by atoms with Gasteiger partial charge in [-0.25, -0.2) is 0 Å². The molecule has 0 aliphatic heterocycles. The highest BCUT2D eigenvalue weighted by molar-refractivity contribution is 5.77. The van der Waals surface area contributed by atoms with Crippen molar-refractivity contribution in [1.82, 2.24) is 0 Å². The molecule has 0 heterocycles. The fraction of sp³-hybridized carbons (Fsp3) is 0.667. The zero-order chi connectivity index (χ0) is 36.9. The summed E-state index contributed by atoms with van der Waals surface area (Å²) in [5, 5.41) is 72.7. The summed E-state index contributed by atoms with van der Waals surface area (Å²) in [5.74, 6) is -7.11. The Bertz CT molecular complexity index is 819. The SMILES string of the molecule is C[C@@H](O)[C@H](N)C(=O)O.C[C@@H](O)[C@H](N)C(=O)O.C[C@H](N)C(=O)O.NC(=O)CC[C@H](N)C(=O)O.NCC(=O)O.N[C@@H](CO)C(=O)O. The van der Waals surface area contributed by atoms with Crippen LogP contribution in [0, 0.1) is 0 Å². The van der Waals surface area contributed by atoms with E-state index in [1.165, 1.54) is 20.8 Å². The van der Waals surface area contributed by atoms with Crippen LogP contribution in [0.25, 0.3) is 0 Å². The van der Waals surface area contributed by atoms with Crippen molar-refractivity contribution in [3.05, 3.63) is 0 Å². The first-order valence-electron chi connectivity index (χ1n) is 11.8. The van der Waals surface area contributed by atoms with Gasteiger partial charge in [0.05, 0.1) is 25.4 Å². The van der Waals surface area contributed by atoms with E-state index in [4.69, 9.17) is 80.4 Å². The van der Waals surface area contributed by atoms with Gasteiger partial charge in [-0.3, -0.25) is 33.6 Å². The van der Waals surface area contributed by atoms with Crippen LogP contribution in [-0.4, -0.2) is 143 Å². The van der Waals surface area contributed by atoms with Crippen LogP contribution in [0.5, 0.6) is 0 Å². The van der Waals surface area contributed by atoms with E-state index >= 15 is 0 Å². The number of aliphatic hydroxyl groups is 3. The maximum atomic E-state index is 10.1. The Balaban J connectivity index is -0.0000000997. The van der Waals surface area contributed by atoms with Crippen LogP contribution in [0.1, 0.15) is 33.6 Å². The average Bonchev–Trinajstić information content (AvgIpc) is 2.91. The first kappa shape index (κ1) is 52.6. The number of rotatable bonds is 12. The zero-order valence-corrected chi connectivity index (χ0v) is 24.3. The number of hydrogen-bond acceptors (Lipinski definition) is 16. The van der Waals surface area contributed by atoms with E-state index in [2.05, 4.69) is 5.73 Å². The zero-order valence-electron chi connectivity index (χ0n) is 24.3. The van der Waals surface area contributed by atoms with Gasteiger partial charge in [0.1, 0.15) is 30.2 Å². The fourth-order valence-corrected chi connectivity index (χ4v) is 0.912. The largest absolute Gasteiger partial charge is 0.480 e. The highest BCUT2D eigenvalue weighted by Crippen LogP contribution is 1.92. The van der Waals surface area contributed by atoms with E-state index in [-0.39, 0.29) is 19.4 Å². The Morgan fingerprint density at radius 1 is 0.591 bits per heavy atom. The molecule has 0 rings (SSSR count). The van der Waals surface area contributed by atoms with Crippen LogP contribution in [-0.2, 0) is 33.6 Å². The molecule has 1 amide bonds. The van der Waals surface area contributed by atoms with Crippen LogP contribution >= 0.6 is 0 Å². The third-order valence-electron chi connectivity index (χ3n) is 3.71. The minimum absolute atomic E-state index is 0.0213. The van der Waals surface area contributed by atoms with E-state index in [1.54, 1.807) is 0 Å². The number of carboxylic acid groups (broad SMARTS) is 6. The molecule has 23 nitrogen and oxygen atoms in total. The second-order valence-corrected chi connectivity index (χ2v) is 8.01. The molecule has 0 saturated heterocycles. The molecule has 0 radical (unpaired) electrons. The molecule has 0 fully saturated rings. The smallest absolute Gasteiger partial charge is 0.323 e. The average molecular weight is 654 g/mol. The lowest BCUT2D eigenvalue weighted by Crippen LogP contribution is -2.39. The number of carbonyl (C=O) groups excluding carboxylic acids is 1. The number of carbonyl (C=O) groups is 7. The van der Waals surface area contributed by atoms with E-state index in [1.807, 2.05) is 0 Å². The Morgan fingerprint density at radius 3 is 0.932 bits per heavy atom. The molecule has 0 bridgehead atoms. The molecule has 0 aromatic heterocycles. The van der Waals surface area contributed by atoms with Gasteiger partial charge < -0.3 is 86.1 Å². The molecular weight excluding hydrogens is 606 g/mol. The van der Waals surface area contributed by atoms with E-state index in [9.17, 15) is 33.6 Å². The second kappa shape index (κ2) is 31.9. The molecule has 7 atom stereocenters. The number of aliphatic carboxylic acids is 6. The summed E-state index contributed by atoms with van der Waals surface area (Å²) in [6, 6.07) is -5.15. The van der Waals surface area contributed by atoms with Crippen molar-refractivity contribution < 1.29 is 79.5 Å². The summed E-state index contributed by atoms with van der Waals surface area (Å²) in [6.07, 6.45) is -1.84. The lowest BCUT2D eigenvalue weighted by atomic mass is 10.2. The molecule has 0 aliphatic carbocycles. The molecule has 0 spiro atoms. The van der Waals surface area contributed by atoms with Gasteiger partial charge in [-0.15, -0.1) is 0 Å². The highest BCUT2D eigenvalue weighted by Gasteiger charge is 2.17. The van der Waals surface area contributed by atoms with Crippen molar-refractivity contribution in [2.24, 2.45) is 40.1 Å². The topological polar surface area (TPSA) is 484 Å². The van der Waals surface area contributed by atoms with Crippen LogP contribution in [0.3, 0.4) is 0 Å². The van der Waals surface area contributed by atoms with Gasteiger partial charge in [0.2, 0.25) is 5.91 Å². The Labute approximate surface area is 251 Å². The maximum Gasteiger partial charge on any atom is 0.323 e. The first-order valence-corrected chi connectivity index (χ1v) is 11.8. The predicted molar refractivity (Wildman–Crippen MR) is 149 cm³/mol. The Hall–Kier alpha value is -4.07. The molecule has 23 heteroatoms. The highest BCUT2D eigenvalue weighted by atomic mass is 16.4. The van der Waals surface area contributed by atoms with Crippen LogP contribution in [0.2, 0.25) is 0 Å². The second-order valence-electron chi connectivity index (χ2n) is 8.01. The maximum absolute atomic E-state index is 10.1. The van der Waals surface area contributed by atoms with Crippen molar-refractivity contribution in [3.8, 4) is 0 Å². The van der Waals surface area contributed by atoms with Gasteiger partial charge in [-0.1, -0.05) is 0 Å². The molecule has 262 valence electrons. The van der Waals surface area contributed by atoms with Gasteiger partial charge in [-0.2, -0.15) is 0 Å². The molecule has 44 heavy (non-hydrogen) atoms.